The molecular formula is C12H15NO2. The van der Waals surface area contributed by atoms with E-state index in [-0.39, 0.29) is 5.57 Å². The molecule has 1 rings (SSSR count). The second-order valence-electron chi connectivity index (χ2n) is 3.54. The van der Waals surface area contributed by atoms with Gasteiger partial charge in [0.25, 0.3) is 0 Å². The summed E-state index contributed by atoms with van der Waals surface area (Å²) in [5, 5.41) is 11.7. The molecule has 0 aromatic heterocycles. The predicted octanol–water partition coefficient (Wildman–Crippen LogP) is 2.70. The SMILES string of the molecule is CC(=CNc1c(C)cccc1C)C(=O)O. The fourth-order valence-electron chi connectivity index (χ4n) is 1.28. The number of carbonyl (C=O) groups is 1. The number of nitrogens with one attached hydrogen (secondary N) is 1. The van der Waals surface area contributed by atoms with E-state index in [2.05, 4.69) is 5.32 Å². The molecule has 2 N–H and O–H groups in total. The van der Waals surface area contributed by atoms with E-state index in [0.29, 0.717) is 0 Å². The van der Waals surface area contributed by atoms with Gasteiger partial charge in [-0.15, -0.1) is 0 Å². The molecule has 0 fully saturated rings. The van der Waals surface area contributed by atoms with Gasteiger partial charge >= 0.3 is 5.97 Å². The summed E-state index contributed by atoms with van der Waals surface area (Å²) in [6, 6.07) is 5.95. The Morgan fingerprint density at radius 2 is 1.87 bits per heavy atom. The van der Waals surface area contributed by atoms with Gasteiger partial charge in [-0.1, -0.05) is 18.2 Å². The molecule has 0 aliphatic heterocycles. The van der Waals surface area contributed by atoms with E-state index in [0.717, 1.165) is 16.8 Å². The minimum atomic E-state index is -0.909. The number of carboxylic acid groups (broad SMARTS) is 1. The highest BCUT2D eigenvalue weighted by atomic mass is 16.4. The average molecular weight is 205 g/mol. The molecule has 3 heteroatoms. The van der Waals surface area contributed by atoms with Crippen LogP contribution in [-0.2, 0) is 4.79 Å². The molecule has 1 aromatic carbocycles. The molecule has 0 radical (unpaired) electrons. The van der Waals surface area contributed by atoms with E-state index in [4.69, 9.17) is 5.11 Å². The van der Waals surface area contributed by atoms with Crippen LogP contribution < -0.4 is 5.32 Å². The summed E-state index contributed by atoms with van der Waals surface area (Å²) < 4.78 is 0. The molecule has 0 saturated heterocycles. The molecular weight excluding hydrogens is 190 g/mol. The van der Waals surface area contributed by atoms with Gasteiger partial charge in [-0.3, -0.25) is 0 Å². The van der Waals surface area contributed by atoms with Gasteiger partial charge < -0.3 is 10.4 Å². The second-order valence-corrected chi connectivity index (χ2v) is 3.54. The van der Waals surface area contributed by atoms with E-state index >= 15 is 0 Å². The third-order valence-corrected chi connectivity index (χ3v) is 2.25. The van der Waals surface area contributed by atoms with Gasteiger partial charge in [-0.2, -0.15) is 0 Å². The molecule has 0 unspecified atom stereocenters. The smallest absolute Gasteiger partial charge is 0.332 e. The minimum Gasteiger partial charge on any atom is -0.478 e. The number of rotatable bonds is 3. The van der Waals surface area contributed by atoms with Crippen LogP contribution in [0.2, 0.25) is 0 Å². The summed E-state index contributed by atoms with van der Waals surface area (Å²) in [5.74, 6) is -0.909. The van der Waals surface area contributed by atoms with E-state index in [1.165, 1.54) is 6.20 Å². The number of aryl methyl sites for hydroxylation is 2. The second kappa shape index (κ2) is 4.64. The first-order valence-corrected chi connectivity index (χ1v) is 4.75. The number of carboxylic acids is 1. The highest BCUT2D eigenvalue weighted by molar-refractivity contribution is 5.86. The first-order chi connectivity index (χ1) is 7.02. The zero-order valence-electron chi connectivity index (χ0n) is 9.16. The molecule has 0 heterocycles. The Labute approximate surface area is 89.4 Å². The summed E-state index contributed by atoms with van der Waals surface area (Å²) >= 11 is 0. The van der Waals surface area contributed by atoms with E-state index in [1.54, 1.807) is 6.92 Å². The van der Waals surface area contributed by atoms with Crippen LogP contribution in [0.5, 0.6) is 0 Å². The Balaban J connectivity index is 2.91. The van der Waals surface area contributed by atoms with Gasteiger partial charge in [0, 0.05) is 17.5 Å². The highest BCUT2D eigenvalue weighted by Gasteiger charge is 2.02. The highest BCUT2D eigenvalue weighted by Crippen LogP contribution is 2.19. The molecule has 0 saturated carbocycles. The van der Waals surface area contributed by atoms with Gasteiger partial charge in [0.1, 0.15) is 0 Å². The molecule has 1 aromatic rings. The van der Waals surface area contributed by atoms with E-state index < -0.39 is 5.97 Å². The maximum absolute atomic E-state index is 10.6. The van der Waals surface area contributed by atoms with E-state index in [1.807, 2.05) is 32.0 Å². The van der Waals surface area contributed by atoms with Crippen molar-refractivity contribution >= 4 is 11.7 Å². The Morgan fingerprint density at radius 3 is 2.33 bits per heavy atom. The molecule has 0 atom stereocenters. The molecule has 0 amide bonds. The molecule has 0 aliphatic carbocycles. The molecule has 80 valence electrons. The average Bonchev–Trinajstić information content (AvgIpc) is 2.16. The summed E-state index contributed by atoms with van der Waals surface area (Å²) in [6.45, 7) is 5.53. The maximum atomic E-state index is 10.6. The number of anilines is 1. The summed E-state index contributed by atoms with van der Waals surface area (Å²) in [6.07, 6.45) is 1.51. The van der Waals surface area contributed by atoms with Gasteiger partial charge in [0.2, 0.25) is 0 Å². The van der Waals surface area contributed by atoms with E-state index in [9.17, 15) is 4.79 Å². The van der Waals surface area contributed by atoms with Crippen molar-refractivity contribution in [2.24, 2.45) is 0 Å². The Bertz CT molecular complexity index is 388. The van der Waals surface area contributed by atoms with Crippen LogP contribution in [0, 0.1) is 13.8 Å². The summed E-state index contributed by atoms with van der Waals surface area (Å²) in [7, 11) is 0. The van der Waals surface area contributed by atoms with Gasteiger partial charge in [-0.25, -0.2) is 4.79 Å². The normalized spacial score (nSPS) is 11.3. The number of aliphatic carboxylic acids is 1. The lowest BCUT2D eigenvalue weighted by Crippen LogP contribution is -2.01. The Morgan fingerprint density at radius 1 is 1.33 bits per heavy atom. The number of para-hydroxylation sites is 1. The zero-order chi connectivity index (χ0) is 11.4. The van der Waals surface area contributed by atoms with Crippen molar-refractivity contribution < 1.29 is 9.90 Å². The maximum Gasteiger partial charge on any atom is 0.332 e. The van der Waals surface area contributed by atoms with Gasteiger partial charge in [0.05, 0.1) is 0 Å². The Hall–Kier alpha value is -1.77. The lowest BCUT2D eigenvalue weighted by molar-refractivity contribution is -0.132. The third-order valence-electron chi connectivity index (χ3n) is 2.25. The largest absolute Gasteiger partial charge is 0.478 e. The van der Waals surface area contributed by atoms with Crippen LogP contribution in [0.3, 0.4) is 0 Å². The quantitative estimate of drug-likeness (QED) is 0.746. The van der Waals surface area contributed by atoms with Crippen LogP contribution in [-0.4, -0.2) is 11.1 Å². The number of benzene rings is 1. The van der Waals surface area contributed by atoms with Crippen molar-refractivity contribution in [2.75, 3.05) is 5.32 Å². The van der Waals surface area contributed by atoms with Crippen LogP contribution in [0.15, 0.2) is 30.0 Å². The lowest BCUT2D eigenvalue weighted by Gasteiger charge is -2.09. The fourth-order valence-corrected chi connectivity index (χ4v) is 1.28. The first kappa shape index (κ1) is 11.3. The van der Waals surface area contributed by atoms with Gasteiger partial charge in [-0.05, 0) is 31.9 Å². The minimum absolute atomic E-state index is 0.289. The van der Waals surface area contributed by atoms with Crippen molar-refractivity contribution in [3.63, 3.8) is 0 Å². The van der Waals surface area contributed by atoms with Crippen molar-refractivity contribution in [3.05, 3.63) is 41.1 Å². The zero-order valence-corrected chi connectivity index (χ0v) is 9.16. The Kier molecular flexibility index (Phi) is 3.50. The van der Waals surface area contributed by atoms with Crippen molar-refractivity contribution in [2.45, 2.75) is 20.8 Å². The fraction of sp³-hybridized carbons (Fsp3) is 0.250. The van der Waals surface area contributed by atoms with Crippen LogP contribution in [0.4, 0.5) is 5.69 Å². The van der Waals surface area contributed by atoms with Crippen molar-refractivity contribution in [3.8, 4) is 0 Å². The standard InChI is InChI=1S/C12H15NO2/c1-8-5-4-6-9(2)11(8)13-7-10(3)12(14)15/h4-7,13H,1-3H3,(H,14,15). The molecule has 0 spiro atoms. The summed E-state index contributed by atoms with van der Waals surface area (Å²) in [4.78, 5) is 10.6. The monoisotopic (exact) mass is 205 g/mol. The molecule has 15 heavy (non-hydrogen) atoms. The predicted molar refractivity (Wildman–Crippen MR) is 60.9 cm³/mol. The van der Waals surface area contributed by atoms with Gasteiger partial charge in [0.15, 0.2) is 0 Å². The van der Waals surface area contributed by atoms with Crippen LogP contribution in [0.1, 0.15) is 18.1 Å². The topological polar surface area (TPSA) is 49.3 Å². The first-order valence-electron chi connectivity index (χ1n) is 4.75. The van der Waals surface area contributed by atoms with Crippen molar-refractivity contribution in [1.82, 2.24) is 0 Å². The molecule has 0 bridgehead atoms. The number of hydrogen-bond donors (Lipinski definition) is 2. The summed E-state index contributed by atoms with van der Waals surface area (Å²) in [5.41, 5.74) is 3.46. The lowest BCUT2D eigenvalue weighted by atomic mass is 10.1. The van der Waals surface area contributed by atoms with Crippen LogP contribution >= 0.6 is 0 Å². The van der Waals surface area contributed by atoms with Crippen LogP contribution in [0.25, 0.3) is 0 Å². The third kappa shape index (κ3) is 2.84. The molecule has 0 aliphatic rings. The van der Waals surface area contributed by atoms with Crippen molar-refractivity contribution in [1.29, 1.82) is 0 Å². The number of hydrogen-bond acceptors (Lipinski definition) is 2. The molecule has 3 nitrogen and oxygen atoms in total.